The Morgan fingerprint density at radius 1 is 1.62 bits per heavy atom. The van der Waals surface area contributed by atoms with Crippen molar-refractivity contribution in [3.63, 3.8) is 0 Å². The van der Waals surface area contributed by atoms with Gasteiger partial charge in [0.05, 0.1) is 0 Å². The molecule has 5 heteroatoms. The number of H-pyrrole nitrogens is 1. The number of aromatic amines is 1. The van der Waals surface area contributed by atoms with E-state index >= 15 is 0 Å². The summed E-state index contributed by atoms with van der Waals surface area (Å²) in [6.45, 7) is 7.12. The Bertz CT molecular complexity index is 396. The van der Waals surface area contributed by atoms with E-state index in [9.17, 15) is 4.79 Å². The maximum Gasteiger partial charge on any atom is 0.290 e. The summed E-state index contributed by atoms with van der Waals surface area (Å²) >= 11 is 0. The number of amides is 1. The minimum atomic E-state index is -0.182. The molecular formula is C11H18N4O. The molecule has 0 spiro atoms. The molecule has 0 aliphatic heterocycles. The molecule has 1 aromatic heterocycles. The second-order valence-corrected chi connectivity index (χ2v) is 5.06. The summed E-state index contributed by atoms with van der Waals surface area (Å²) in [4.78, 5) is 15.7. The quantitative estimate of drug-likeness (QED) is 0.802. The third kappa shape index (κ3) is 2.23. The number of carbonyl (C=O) groups is 1. The summed E-state index contributed by atoms with van der Waals surface area (Å²) in [6.07, 6.45) is 1.94. The summed E-state index contributed by atoms with van der Waals surface area (Å²) in [5.41, 5.74) is 0.390. The lowest BCUT2D eigenvalue weighted by Crippen LogP contribution is -2.27. The zero-order valence-corrected chi connectivity index (χ0v) is 10.0. The fraction of sp³-hybridized carbons (Fsp3) is 0.727. The van der Waals surface area contributed by atoms with Gasteiger partial charge in [0.2, 0.25) is 5.82 Å². The summed E-state index contributed by atoms with van der Waals surface area (Å²) in [7, 11) is 0. The van der Waals surface area contributed by atoms with Crippen molar-refractivity contribution in [2.75, 3.05) is 6.54 Å². The first-order chi connectivity index (χ1) is 7.53. The summed E-state index contributed by atoms with van der Waals surface area (Å²) < 4.78 is 0. The SMILES string of the molecule is CCc1nc(C(=O)NCC2CC2(C)C)n[nH]1. The van der Waals surface area contributed by atoms with Gasteiger partial charge in [0.25, 0.3) is 5.91 Å². The van der Waals surface area contributed by atoms with Gasteiger partial charge in [0, 0.05) is 13.0 Å². The Morgan fingerprint density at radius 2 is 2.31 bits per heavy atom. The van der Waals surface area contributed by atoms with Gasteiger partial charge in [-0.2, -0.15) is 0 Å². The number of rotatable bonds is 4. The number of carbonyl (C=O) groups excluding carboxylic acids is 1. The van der Waals surface area contributed by atoms with Crippen molar-refractivity contribution < 1.29 is 4.79 Å². The van der Waals surface area contributed by atoms with Crippen molar-refractivity contribution in [2.24, 2.45) is 11.3 Å². The van der Waals surface area contributed by atoms with E-state index in [1.807, 2.05) is 6.92 Å². The number of aromatic nitrogens is 3. The molecule has 1 aliphatic carbocycles. The van der Waals surface area contributed by atoms with E-state index in [2.05, 4.69) is 34.3 Å². The van der Waals surface area contributed by atoms with Gasteiger partial charge in [0.1, 0.15) is 5.82 Å². The topological polar surface area (TPSA) is 70.7 Å². The summed E-state index contributed by atoms with van der Waals surface area (Å²) in [5, 5.41) is 9.48. The van der Waals surface area contributed by atoms with Crippen LogP contribution in [0, 0.1) is 11.3 Å². The van der Waals surface area contributed by atoms with Crippen LogP contribution in [0.1, 0.15) is 43.6 Å². The van der Waals surface area contributed by atoms with Crippen LogP contribution in [0.25, 0.3) is 0 Å². The number of hydrogen-bond acceptors (Lipinski definition) is 3. The number of hydrogen-bond donors (Lipinski definition) is 2. The molecular weight excluding hydrogens is 204 g/mol. The van der Waals surface area contributed by atoms with E-state index < -0.39 is 0 Å². The highest BCUT2D eigenvalue weighted by atomic mass is 16.2. The molecule has 0 saturated heterocycles. The molecule has 1 atom stereocenters. The molecule has 2 rings (SSSR count). The zero-order chi connectivity index (χ0) is 11.8. The van der Waals surface area contributed by atoms with E-state index in [0.29, 0.717) is 11.3 Å². The molecule has 1 heterocycles. The molecule has 0 bridgehead atoms. The largest absolute Gasteiger partial charge is 0.349 e. The lowest BCUT2D eigenvalue weighted by molar-refractivity contribution is 0.0940. The van der Waals surface area contributed by atoms with Crippen LogP contribution in [-0.4, -0.2) is 27.6 Å². The lowest BCUT2D eigenvalue weighted by atomic mass is 10.1. The Balaban J connectivity index is 1.84. The fourth-order valence-electron chi connectivity index (χ4n) is 1.77. The first-order valence-electron chi connectivity index (χ1n) is 5.72. The van der Waals surface area contributed by atoms with E-state index in [0.717, 1.165) is 18.8 Å². The highest BCUT2D eigenvalue weighted by Gasteiger charge is 2.45. The molecule has 1 fully saturated rings. The molecule has 0 aromatic carbocycles. The van der Waals surface area contributed by atoms with Crippen LogP contribution in [0.4, 0.5) is 0 Å². The second kappa shape index (κ2) is 3.88. The van der Waals surface area contributed by atoms with Crippen LogP contribution in [0.3, 0.4) is 0 Å². The molecule has 88 valence electrons. The van der Waals surface area contributed by atoms with E-state index in [1.165, 1.54) is 6.42 Å². The highest BCUT2D eigenvalue weighted by molar-refractivity contribution is 5.90. The second-order valence-electron chi connectivity index (χ2n) is 5.06. The van der Waals surface area contributed by atoms with Crippen LogP contribution in [-0.2, 0) is 6.42 Å². The average Bonchev–Trinajstić information content (AvgIpc) is 2.69. The maximum atomic E-state index is 11.7. The lowest BCUT2D eigenvalue weighted by Gasteiger charge is -2.03. The molecule has 0 radical (unpaired) electrons. The van der Waals surface area contributed by atoms with Crippen LogP contribution in [0.5, 0.6) is 0 Å². The van der Waals surface area contributed by atoms with Crippen molar-refractivity contribution >= 4 is 5.91 Å². The monoisotopic (exact) mass is 222 g/mol. The predicted molar refractivity (Wildman–Crippen MR) is 60.0 cm³/mol. The molecule has 2 N–H and O–H groups in total. The number of nitrogens with one attached hydrogen (secondary N) is 2. The normalized spacial score (nSPS) is 21.8. The third-order valence-electron chi connectivity index (χ3n) is 3.30. The van der Waals surface area contributed by atoms with Gasteiger partial charge >= 0.3 is 0 Å². The molecule has 1 saturated carbocycles. The number of nitrogens with zero attached hydrogens (tertiary/aromatic N) is 2. The standard InChI is InChI=1S/C11H18N4O/c1-4-8-13-9(15-14-8)10(16)12-6-7-5-11(7,2)3/h7H,4-6H2,1-3H3,(H,12,16)(H,13,14,15). The zero-order valence-electron chi connectivity index (χ0n) is 10.0. The van der Waals surface area contributed by atoms with Crippen molar-refractivity contribution in [2.45, 2.75) is 33.6 Å². The van der Waals surface area contributed by atoms with Gasteiger partial charge in [0.15, 0.2) is 0 Å². The number of aryl methyl sites for hydroxylation is 1. The Kier molecular flexibility index (Phi) is 2.69. The first-order valence-corrected chi connectivity index (χ1v) is 5.72. The molecule has 1 aromatic rings. The molecule has 1 unspecified atom stereocenters. The molecule has 16 heavy (non-hydrogen) atoms. The average molecular weight is 222 g/mol. The van der Waals surface area contributed by atoms with Crippen LogP contribution >= 0.6 is 0 Å². The Morgan fingerprint density at radius 3 is 2.81 bits per heavy atom. The van der Waals surface area contributed by atoms with Crippen LogP contribution < -0.4 is 5.32 Å². The van der Waals surface area contributed by atoms with Gasteiger partial charge in [-0.05, 0) is 17.8 Å². The van der Waals surface area contributed by atoms with Gasteiger partial charge in [-0.25, -0.2) is 4.98 Å². The first kappa shape index (κ1) is 11.1. The molecule has 1 amide bonds. The Hall–Kier alpha value is -1.39. The van der Waals surface area contributed by atoms with Crippen LogP contribution in [0.15, 0.2) is 0 Å². The van der Waals surface area contributed by atoms with Crippen LogP contribution in [0.2, 0.25) is 0 Å². The van der Waals surface area contributed by atoms with Crippen molar-refractivity contribution in [3.8, 4) is 0 Å². The highest BCUT2D eigenvalue weighted by Crippen LogP contribution is 2.50. The van der Waals surface area contributed by atoms with Gasteiger partial charge in [-0.1, -0.05) is 20.8 Å². The minimum absolute atomic E-state index is 0.182. The molecule has 5 nitrogen and oxygen atoms in total. The van der Waals surface area contributed by atoms with Gasteiger partial charge < -0.3 is 5.32 Å². The van der Waals surface area contributed by atoms with Gasteiger partial charge in [-0.3, -0.25) is 9.89 Å². The smallest absolute Gasteiger partial charge is 0.290 e. The third-order valence-corrected chi connectivity index (χ3v) is 3.30. The van der Waals surface area contributed by atoms with E-state index in [4.69, 9.17) is 0 Å². The van der Waals surface area contributed by atoms with Crippen molar-refractivity contribution in [3.05, 3.63) is 11.6 Å². The molecule has 1 aliphatic rings. The van der Waals surface area contributed by atoms with E-state index in [-0.39, 0.29) is 11.7 Å². The van der Waals surface area contributed by atoms with Crippen molar-refractivity contribution in [1.29, 1.82) is 0 Å². The van der Waals surface area contributed by atoms with Gasteiger partial charge in [-0.15, -0.1) is 5.10 Å². The summed E-state index contributed by atoms with van der Waals surface area (Å²) in [6, 6.07) is 0. The maximum absolute atomic E-state index is 11.7. The Labute approximate surface area is 95.0 Å². The fourth-order valence-corrected chi connectivity index (χ4v) is 1.77. The predicted octanol–water partition coefficient (Wildman–Crippen LogP) is 1.14. The minimum Gasteiger partial charge on any atom is -0.349 e. The summed E-state index contributed by atoms with van der Waals surface area (Å²) in [5.74, 6) is 1.41. The van der Waals surface area contributed by atoms with Crippen molar-refractivity contribution in [1.82, 2.24) is 20.5 Å². The van der Waals surface area contributed by atoms with E-state index in [1.54, 1.807) is 0 Å².